The van der Waals surface area contributed by atoms with Gasteiger partial charge in [0.1, 0.15) is 11.5 Å². The van der Waals surface area contributed by atoms with E-state index in [4.69, 9.17) is 4.42 Å². The van der Waals surface area contributed by atoms with Crippen molar-refractivity contribution in [3.8, 4) is 11.1 Å². The lowest BCUT2D eigenvalue weighted by molar-refractivity contribution is 0.0953. The van der Waals surface area contributed by atoms with Crippen molar-refractivity contribution in [1.29, 1.82) is 0 Å². The molecule has 25 heavy (non-hydrogen) atoms. The first-order chi connectivity index (χ1) is 12.1. The molecular weight excluding hydrogens is 312 g/mol. The number of fused-ring (bicyclic) bond motifs is 3. The molecule has 1 aliphatic rings. The van der Waals surface area contributed by atoms with Crippen LogP contribution in [0.1, 0.15) is 38.9 Å². The second-order valence-corrected chi connectivity index (χ2v) is 6.20. The zero-order valence-corrected chi connectivity index (χ0v) is 14.1. The molecule has 0 saturated heterocycles. The lowest BCUT2D eigenvalue weighted by Gasteiger charge is -2.07. The van der Waals surface area contributed by atoms with Crippen molar-refractivity contribution in [3.05, 3.63) is 82.8 Å². The van der Waals surface area contributed by atoms with Crippen molar-refractivity contribution in [2.75, 3.05) is 0 Å². The van der Waals surface area contributed by atoms with Gasteiger partial charge in [0.05, 0.1) is 5.56 Å². The van der Waals surface area contributed by atoms with E-state index >= 15 is 0 Å². The molecule has 1 amide bonds. The van der Waals surface area contributed by atoms with Crippen molar-refractivity contribution < 1.29 is 9.21 Å². The highest BCUT2D eigenvalue weighted by molar-refractivity contribution is 5.96. The van der Waals surface area contributed by atoms with E-state index < -0.39 is 0 Å². The van der Waals surface area contributed by atoms with E-state index in [2.05, 4.69) is 34.8 Å². The Balaban J connectivity index is 1.59. The number of nitrogens with one attached hydrogen (secondary N) is 1. The number of nitrogens with zero attached hydrogens (tertiary/aromatic N) is 1. The fourth-order valence-corrected chi connectivity index (χ4v) is 3.44. The Morgan fingerprint density at radius 1 is 1.04 bits per heavy atom. The summed E-state index contributed by atoms with van der Waals surface area (Å²) in [5, 5.41) is 4.21. The van der Waals surface area contributed by atoms with Crippen LogP contribution >= 0.6 is 0 Å². The third-order valence-corrected chi connectivity index (χ3v) is 4.56. The SMILES string of the molecule is Cc1cc(C(=O)NN=CC2c3ccccc3-c3ccccc32)c(C)o1. The average molecular weight is 330 g/mol. The number of amides is 1. The molecule has 0 saturated carbocycles. The van der Waals surface area contributed by atoms with Gasteiger partial charge in [0, 0.05) is 12.1 Å². The van der Waals surface area contributed by atoms with E-state index in [-0.39, 0.29) is 11.8 Å². The van der Waals surface area contributed by atoms with Crippen LogP contribution in [0.2, 0.25) is 0 Å². The maximum Gasteiger partial charge on any atom is 0.274 e. The standard InChI is InChI=1S/C21H18N2O2/c1-13-11-19(14(2)25-13)21(24)23-22-12-20-17-9-5-3-7-15(17)16-8-4-6-10-18(16)20/h3-12,20H,1-2H3,(H,23,24). The summed E-state index contributed by atoms with van der Waals surface area (Å²) in [5.74, 6) is 1.09. The molecule has 1 N–H and O–H groups in total. The molecule has 1 heterocycles. The van der Waals surface area contributed by atoms with Crippen LogP contribution in [-0.4, -0.2) is 12.1 Å². The largest absolute Gasteiger partial charge is 0.466 e. The van der Waals surface area contributed by atoms with E-state index in [1.165, 1.54) is 22.3 Å². The van der Waals surface area contributed by atoms with Crippen LogP contribution in [0.4, 0.5) is 0 Å². The summed E-state index contributed by atoms with van der Waals surface area (Å²) in [4.78, 5) is 12.3. The van der Waals surface area contributed by atoms with Crippen LogP contribution in [0.5, 0.6) is 0 Å². The molecule has 0 atom stereocenters. The molecule has 0 unspecified atom stereocenters. The first-order valence-electron chi connectivity index (χ1n) is 8.24. The normalized spacial score (nSPS) is 13.0. The Morgan fingerprint density at radius 2 is 1.64 bits per heavy atom. The van der Waals surface area contributed by atoms with Gasteiger partial charge >= 0.3 is 0 Å². The smallest absolute Gasteiger partial charge is 0.274 e. The second kappa shape index (κ2) is 6.06. The second-order valence-electron chi connectivity index (χ2n) is 6.20. The van der Waals surface area contributed by atoms with E-state index in [0.29, 0.717) is 17.1 Å². The topological polar surface area (TPSA) is 54.6 Å². The summed E-state index contributed by atoms with van der Waals surface area (Å²) < 4.78 is 5.40. The van der Waals surface area contributed by atoms with Crippen molar-refractivity contribution in [2.24, 2.45) is 5.10 Å². The number of benzene rings is 2. The van der Waals surface area contributed by atoms with Crippen LogP contribution in [0.3, 0.4) is 0 Å². The van der Waals surface area contributed by atoms with Gasteiger partial charge in [-0.15, -0.1) is 0 Å². The molecule has 0 radical (unpaired) electrons. The van der Waals surface area contributed by atoms with Gasteiger partial charge in [0.15, 0.2) is 0 Å². The quantitative estimate of drug-likeness (QED) is 0.571. The Morgan fingerprint density at radius 3 is 2.20 bits per heavy atom. The molecule has 0 fully saturated rings. The summed E-state index contributed by atoms with van der Waals surface area (Å²) >= 11 is 0. The van der Waals surface area contributed by atoms with Crippen LogP contribution in [0, 0.1) is 13.8 Å². The van der Waals surface area contributed by atoms with E-state index in [9.17, 15) is 4.79 Å². The molecule has 0 spiro atoms. The average Bonchev–Trinajstić information content (AvgIpc) is 3.12. The number of aryl methyl sites for hydroxylation is 2. The minimum Gasteiger partial charge on any atom is -0.466 e. The Kier molecular flexibility index (Phi) is 3.73. The Bertz CT molecular complexity index is 940. The molecular formula is C21H18N2O2. The number of furan rings is 1. The van der Waals surface area contributed by atoms with Gasteiger partial charge in [-0.05, 0) is 42.2 Å². The molecule has 4 heteroatoms. The van der Waals surface area contributed by atoms with Crippen molar-refractivity contribution in [1.82, 2.24) is 5.43 Å². The monoisotopic (exact) mass is 330 g/mol. The minimum atomic E-state index is -0.259. The molecule has 2 aromatic carbocycles. The van der Waals surface area contributed by atoms with Gasteiger partial charge in [-0.25, -0.2) is 5.43 Å². The van der Waals surface area contributed by atoms with Crippen LogP contribution in [0.25, 0.3) is 11.1 Å². The Hall–Kier alpha value is -3.14. The zero-order chi connectivity index (χ0) is 17.4. The van der Waals surface area contributed by atoms with Crippen LogP contribution < -0.4 is 5.43 Å². The van der Waals surface area contributed by atoms with Gasteiger partial charge in [0.2, 0.25) is 0 Å². The summed E-state index contributed by atoms with van der Waals surface area (Å²) in [6, 6.07) is 18.3. The molecule has 1 aromatic heterocycles. The van der Waals surface area contributed by atoms with Gasteiger partial charge in [-0.1, -0.05) is 48.5 Å². The predicted octanol–water partition coefficient (Wildman–Crippen LogP) is 4.42. The summed E-state index contributed by atoms with van der Waals surface area (Å²) in [6.07, 6.45) is 1.80. The third kappa shape index (κ3) is 2.66. The predicted molar refractivity (Wildman–Crippen MR) is 97.9 cm³/mol. The molecule has 3 aromatic rings. The van der Waals surface area contributed by atoms with Gasteiger partial charge < -0.3 is 4.42 Å². The highest BCUT2D eigenvalue weighted by Gasteiger charge is 2.26. The summed E-state index contributed by atoms with van der Waals surface area (Å²) in [5.41, 5.74) is 7.99. The van der Waals surface area contributed by atoms with Crippen molar-refractivity contribution in [2.45, 2.75) is 19.8 Å². The first kappa shape index (κ1) is 15.4. The maximum atomic E-state index is 12.3. The first-order valence-corrected chi connectivity index (χ1v) is 8.24. The third-order valence-electron chi connectivity index (χ3n) is 4.56. The summed E-state index contributed by atoms with van der Waals surface area (Å²) in [6.45, 7) is 3.59. The molecule has 1 aliphatic carbocycles. The van der Waals surface area contributed by atoms with E-state index in [1.54, 1.807) is 19.2 Å². The lowest BCUT2D eigenvalue weighted by atomic mass is 9.99. The zero-order valence-electron chi connectivity index (χ0n) is 14.1. The highest BCUT2D eigenvalue weighted by atomic mass is 16.3. The number of hydrogen-bond donors (Lipinski definition) is 1. The van der Waals surface area contributed by atoms with Gasteiger partial charge in [0.25, 0.3) is 5.91 Å². The van der Waals surface area contributed by atoms with Gasteiger partial charge in [-0.3, -0.25) is 4.79 Å². The van der Waals surface area contributed by atoms with Crippen molar-refractivity contribution >= 4 is 12.1 Å². The number of rotatable bonds is 3. The van der Waals surface area contributed by atoms with Gasteiger partial charge in [-0.2, -0.15) is 5.10 Å². The molecule has 0 aliphatic heterocycles. The molecule has 0 bridgehead atoms. The molecule has 124 valence electrons. The highest BCUT2D eigenvalue weighted by Crippen LogP contribution is 2.43. The van der Waals surface area contributed by atoms with Crippen LogP contribution in [0.15, 0.2) is 64.1 Å². The fraction of sp³-hybridized carbons (Fsp3) is 0.143. The maximum absolute atomic E-state index is 12.3. The number of hydrogen-bond acceptors (Lipinski definition) is 3. The van der Waals surface area contributed by atoms with Crippen molar-refractivity contribution in [3.63, 3.8) is 0 Å². The molecule has 4 nitrogen and oxygen atoms in total. The number of hydrazone groups is 1. The Labute approximate surface area is 146 Å². The summed E-state index contributed by atoms with van der Waals surface area (Å²) in [7, 11) is 0. The molecule has 4 rings (SSSR count). The number of carbonyl (C=O) groups excluding carboxylic acids is 1. The van der Waals surface area contributed by atoms with E-state index in [1.807, 2.05) is 31.2 Å². The fourth-order valence-electron chi connectivity index (χ4n) is 3.44. The van der Waals surface area contributed by atoms with Crippen LogP contribution in [-0.2, 0) is 0 Å². The van der Waals surface area contributed by atoms with E-state index in [0.717, 1.165) is 0 Å². The lowest BCUT2D eigenvalue weighted by Crippen LogP contribution is -2.18. The number of carbonyl (C=O) groups is 1. The minimum absolute atomic E-state index is 0.0416.